The van der Waals surface area contributed by atoms with Gasteiger partial charge in [0, 0.05) is 10.9 Å². The van der Waals surface area contributed by atoms with Gasteiger partial charge in [-0.15, -0.1) is 0 Å². The number of fused-ring (bicyclic) bond motifs is 1. The lowest BCUT2D eigenvalue weighted by atomic mass is 10.0. The number of hydrazone groups is 1. The van der Waals surface area contributed by atoms with Crippen LogP contribution in [-0.2, 0) is 4.79 Å². The molecule has 3 aromatic rings. The van der Waals surface area contributed by atoms with Gasteiger partial charge in [-0.2, -0.15) is 10.4 Å². The molecule has 0 saturated carbocycles. The molecule has 0 spiro atoms. The van der Waals surface area contributed by atoms with E-state index in [1.54, 1.807) is 30.5 Å². The van der Waals surface area contributed by atoms with Gasteiger partial charge in [0.2, 0.25) is 0 Å². The second-order valence-corrected chi connectivity index (χ2v) is 7.11. The molecular weight excluding hydrogens is 362 g/mol. The zero-order chi connectivity index (χ0) is 20.6. The van der Waals surface area contributed by atoms with Crippen LogP contribution in [0.4, 0.5) is 0 Å². The smallest absolute Gasteiger partial charge is 0.261 e. The Kier molecular flexibility index (Phi) is 6.59. The third-order valence-electron chi connectivity index (χ3n) is 4.39. The summed E-state index contributed by atoms with van der Waals surface area (Å²) in [6.45, 7) is 4.86. The van der Waals surface area contributed by atoms with E-state index in [4.69, 9.17) is 4.74 Å². The van der Waals surface area contributed by atoms with E-state index >= 15 is 0 Å². The minimum absolute atomic E-state index is 0.433. The predicted octanol–water partition coefficient (Wildman–Crippen LogP) is 4.63. The van der Waals surface area contributed by atoms with Crippen LogP contribution in [0, 0.1) is 17.2 Å². The van der Waals surface area contributed by atoms with Crippen LogP contribution in [0.15, 0.2) is 71.8 Å². The van der Waals surface area contributed by atoms with E-state index in [0.29, 0.717) is 18.1 Å². The van der Waals surface area contributed by atoms with Gasteiger partial charge < -0.3 is 4.74 Å². The first kappa shape index (κ1) is 20.1. The maximum Gasteiger partial charge on any atom is 0.261 e. The summed E-state index contributed by atoms with van der Waals surface area (Å²) >= 11 is 0. The second kappa shape index (κ2) is 9.52. The van der Waals surface area contributed by atoms with E-state index < -0.39 is 11.8 Å². The van der Waals surface area contributed by atoms with Crippen LogP contribution in [0.5, 0.6) is 5.75 Å². The van der Waals surface area contributed by atoms with Gasteiger partial charge in [-0.1, -0.05) is 68.4 Å². The number of hydrogen-bond acceptors (Lipinski definition) is 4. The Morgan fingerprint density at radius 2 is 1.76 bits per heavy atom. The van der Waals surface area contributed by atoms with Crippen LogP contribution >= 0.6 is 0 Å². The Bertz CT molecular complexity index is 1050. The van der Waals surface area contributed by atoms with Gasteiger partial charge >= 0.3 is 0 Å². The average Bonchev–Trinajstić information content (AvgIpc) is 2.74. The number of nitrogens with one attached hydrogen (secondary N) is 1. The summed E-state index contributed by atoms with van der Waals surface area (Å²) < 4.78 is 5.92. The summed E-state index contributed by atoms with van der Waals surface area (Å²) in [5.41, 5.74) is 3.97. The molecular formula is C24H23N3O2. The maximum atomic E-state index is 12.4. The second-order valence-electron chi connectivity index (χ2n) is 7.11. The van der Waals surface area contributed by atoms with Crippen molar-refractivity contribution in [2.45, 2.75) is 19.8 Å². The molecule has 0 aliphatic rings. The van der Waals surface area contributed by atoms with E-state index in [0.717, 1.165) is 22.1 Å². The lowest BCUT2D eigenvalue weighted by Gasteiger charge is -2.12. The zero-order valence-electron chi connectivity index (χ0n) is 16.5. The summed E-state index contributed by atoms with van der Waals surface area (Å²) in [5, 5.41) is 15.4. The third-order valence-corrected chi connectivity index (χ3v) is 4.39. The lowest BCUT2D eigenvalue weighted by Crippen LogP contribution is -2.24. The average molecular weight is 385 g/mol. The van der Waals surface area contributed by atoms with E-state index in [-0.39, 0.29) is 0 Å². The zero-order valence-corrected chi connectivity index (χ0v) is 16.5. The molecule has 0 aliphatic carbocycles. The van der Waals surface area contributed by atoms with Gasteiger partial charge in [0.15, 0.2) is 5.92 Å². The van der Waals surface area contributed by atoms with Crippen molar-refractivity contribution in [1.82, 2.24) is 5.43 Å². The normalized spacial score (nSPS) is 12.1. The molecule has 0 bridgehead atoms. The largest absolute Gasteiger partial charge is 0.493 e. The van der Waals surface area contributed by atoms with Crippen molar-refractivity contribution in [3.63, 3.8) is 0 Å². The molecule has 29 heavy (non-hydrogen) atoms. The molecule has 5 heteroatoms. The molecule has 0 heterocycles. The fourth-order valence-electron chi connectivity index (χ4n) is 2.95. The van der Waals surface area contributed by atoms with Crippen molar-refractivity contribution in [3.05, 3.63) is 77.9 Å². The van der Waals surface area contributed by atoms with Crippen molar-refractivity contribution >= 4 is 22.9 Å². The highest BCUT2D eigenvalue weighted by Gasteiger charge is 2.19. The topological polar surface area (TPSA) is 74.5 Å². The minimum atomic E-state index is -0.906. The number of carbonyl (C=O) groups excluding carboxylic acids is 1. The number of amides is 1. The first-order chi connectivity index (χ1) is 14.1. The molecule has 0 unspecified atom stereocenters. The van der Waals surface area contributed by atoms with Crippen molar-refractivity contribution in [3.8, 4) is 11.8 Å². The first-order valence-electron chi connectivity index (χ1n) is 9.52. The highest BCUT2D eigenvalue weighted by atomic mass is 16.5. The Labute approximate surface area is 170 Å². The quantitative estimate of drug-likeness (QED) is 0.476. The van der Waals surface area contributed by atoms with Crippen LogP contribution in [0.2, 0.25) is 0 Å². The van der Waals surface area contributed by atoms with Crippen LogP contribution < -0.4 is 10.2 Å². The fraction of sp³-hybridized carbons (Fsp3) is 0.208. The Morgan fingerprint density at radius 1 is 1.07 bits per heavy atom. The number of nitrogens with zero attached hydrogens (tertiary/aromatic N) is 2. The molecule has 0 aliphatic heterocycles. The number of rotatable bonds is 7. The highest BCUT2D eigenvalue weighted by Crippen LogP contribution is 2.28. The van der Waals surface area contributed by atoms with Crippen LogP contribution in [-0.4, -0.2) is 18.7 Å². The highest BCUT2D eigenvalue weighted by molar-refractivity contribution is 6.02. The molecule has 0 saturated heterocycles. The molecule has 0 fully saturated rings. The molecule has 3 aromatic carbocycles. The molecule has 0 aromatic heterocycles. The molecule has 1 atom stereocenters. The molecule has 1 N–H and O–H groups in total. The molecule has 146 valence electrons. The van der Waals surface area contributed by atoms with Crippen molar-refractivity contribution < 1.29 is 9.53 Å². The SMILES string of the molecule is CC(C)COc1ccc(/C=N\NC(=O)[C@H](C#N)c2ccccc2)c2ccccc12. The number of ether oxygens (including phenoxy) is 1. The Morgan fingerprint density at radius 3 is 2.45 bits per heavy atom. The summed E-state index contributed by atoms with van der Waals surface area (Å²) in [6, 6.07) is 22.7. The van der Waals surface area contributed by atoms with Crippen LogP contribution in [0.3, 0.4) is 0 Å². The van der Waals surface area contributed by atoms with E-state index in [1.165, 1.54) is 0 Å². The molecule has 1 amide bonds. The third kappa shape index (κ3) is 4.99. The minimum Gasteiger partial charge on any atom is -0.493 e. The monoisotopic (exact) mass is 385 g/mol. The van der Waals surface area contributed by atoms with Crippen molar-refractivity contribution in [2.75, 3.05) is 6.61 Å². The molecule has 3 rings (SSSR count). The number of hydrogen-bond donors (Lipinski definition) is 1. The van der Waals surface area contributed by atoms with Gasteiger partial charge in [0.1, 0.15) is 5.75 Å². The predicted molar refractivity (Wildman–Crippen MR) is 115 cm³/mol. The maximum absolute atomic E-state index is 12.4. The van der Waals surface area contributed by atoms with Gasteiger partial charge in [0.25, 0.3) is 5.91 Å². The van der Waals surface area contributed by atoms with Crippen molar-refractivity contribution in [1.29, 1.82) is 5.26 Å². The first-order valence-corrected chi connectivity index (χ1v) is 9.52. The number of carbonyl (C=O) groups is 1. The number of nitriles is 1. The van der Waals surface area contributed by atoms with Crippen molar-refractivity contribution in [2.24, 2.45) is 11.0 Å². The Hall–Kier alpha value is -3.65. The molecule has 0 radical (unpaired) electrons. The van der Waals surface area contributed by atoms with Gasteiger partial charge in [-0.3, -0.25) is 4.79 Å². The summed E-state index contributed by atoms with van der Waals surface area (Å²) in [7, 11) is 0. The summed E-state index contributed by atoms with van der Waals surface area (Å²) in [5.74, 6) is -0.111. The Balaban J connectivity index is 1.78. The van der Waals surface area contributed by atoms with E-state index in [2.05, 4.69) is 24.4 Å². The van der Waals surface area contributed by atoms with E-state index in [1.807, 2.05) is 48.5 Å². The number of benzene rings is 3. The van der Waals surface area contributed by atoms with Gasteiger partial charge in [0.05, 0.1) is 18.9 Å². The molecule has 5 nitrogen and oxygen atoms in total. The fourth-order valence-corrected chi connectivity index (χ4v) is 2.95. The summed E-state index contributed by atoms with van der Waals surface area (Å²) in [4.78, 5) is 12.4. The van der Waals surface area contributed by atoms with E-state index in [9.17, 15) is 10.1 Å². The lowest BCUT2D eigenvalue weighted by molar-refractivity contribution is -0.121. The van der Waals surface area contributed by atoms with Crippen LogP contribution in [0.1, 0.15) is 30.9 Å². The standard InChI is InChI=1S/C24H23N3O2/c1-17(2)16-29-23-13-12-19(20-10-6-7-11-21(20)23)15-26-27-24(28)22(14-25)18-8-4-3-5-9-18/h3-13,15,17,22H,16H2,1-2H3,(H,27,28)/b26-15-/t22-/m1/s1. The van der Waals surface area contributed by atoms with Gasteiger partial charge in [-0.25, -0.2) is 5.43 Å². The summed E-state index contributed by atoms with van der Waals surface area (Å²) in [6.07, 6.45) is 1.59. The van der Waals surface area contributed by atoms with Gasteiger partial charge in [-0.05, 0) is 29.0 Å². The van der Waals surface area contributed by atoms with Crippen LogP contribution in [0.25, 0.3) is 10.8 Å².